The molecule has 0 aromatic carbocycles. The zero-order chi connectivity index (χ0) is 11.6. The van der Waals surface area contributed by atoms with Crippen molar-refractivity contribution in [2.24, 2.45) is 0 Å². The maximum absolute atomic E-state index is 11.8. The van der Waals surface area contributed by atoms with Gasteiger partial charge in [0.25, 0.3) is 10.0 Å². The van der Waals surface area contributed by atoms with Crippen LogP contribution in [0.5, 0.6) is 0 Å². The summed E-state index contributed by atoms with van der Waals surface area (Å²) >= 11 is 5.73. The van der Waals surface area contributed by atoms with Crippen LogP contribution in [0.4, 0.5) is 5.69 Å². The van der Waals surface area contributed by atoms with Crippen molar-refractivity contribution in [1.82, 2.24) is 15.2 Å². The molecule has 6 nitrogen and oxygen atoms in total. The Morgan fingerprint density at radius 1 is 1.44 bits per heavy atom. The van der Waals surface area contributed by atoms with Crippen LogP contribution in [0.1, 0.15) is 0 Å². The number of pyridine rings is 1. The van der Waals surface area contributed by atoms with Gasteiger partial charge in [0.2, 0.25) is 0 Å². The van der Waals surface area contributed by atoms with Gasteiger partial charge in [0, 0.05) is 12.4 Å². The van der Waals surface area contributed by atoms with Crippen molar-refractivity contribution < 1.29 is 8.42 Å². The van der Waals surface area contributed by atoms with Gasteiger partial charge in [-0.25, -0.2) is 13.4 Å². The predicted molar refractivity (Wildman–Crippen MR) is 58.6 cm³/mol. The molecule has 0 aliphatic heterocycles. The molecule has 0 unspecified atom stereocenters. The number of aromatic nitrogens is 3. The van der Waals surface area contributed by atoms with Crippen molar-refractivity contribution in [2.75, 3.05) is 4.72 Å². The molecule has 0 amide bonds. The van der Waals surface area contributed by atoms with E-state index in [2.05, 4.69) is 19.9 Å². The van der Waals surface area contributed by atoms with Crippen LogP contribution in [0, 0.1) is 0 Å². The van der Waals surface area contributed by atoms with Gasteiger partial charge < -0.3 is 0 Å². The lowest BCUT2D eigenvalue weighted by atomic mass is 10.4. The molecule has 0 aliphatic carbocycles. The summed E-state index contributed by atoms with van der Waals surface area (Å²) in [5, 5.41) is 6.07. The molecule has 2 heterocycles. The molecule has 2 aromatic rings. The van der Waals surface area contributed by atoms with E-state index in [0.29, 0.717) is 0 Å². The second-order valence-corrected chi connectivity index (χ2v) is 4.92. The second kappa shape index (κ2) is 4.11. The van der Waals surface area contributed by atoms with Crippen molar-refractivity contribution >= 4 is 27.3 Å². The van der Waals surface area contributed by atoms with Crippen LogP contribution in [0.25, 0.3) is 0 Å². The van der Waals surface area contributed by atoms with Crippen LogP contribution in [-0.4, -0.2) is 23.6 Å². The van der Waals surface area contributed by atoms with Crippen LogP contribution in [-0.2, 0) is 10.0 Å². The van der Waals surface area contributed by atoms with Gasteiger partial charge in [-0.3, -0.25) is 9.82 Å². The maximum Gasteiger partial charge on any atom is 0.265 e. The average molecular weight is 259 g/mol. The van der Waals surface area contributed by atoms with Gasteiger partial charge in [-0.15, -0.1) is 0 Å². The highest BCUT2D eigenvalue weighted by molar-refractivity contribution is 7.92. The minimum absolute atomic E-state index is 0.0346. The SMILES string of the molecule is O=S(=O)(Nc1cccnc1Cl)c1cn[nH]c1. The summed E-state index contributed by atoms with van der Waals surface area (Å²) < 4.78 is 25.8. The van der Waals surface area contributed by atoms with E-state index in [-0.39, 0.29) is 15.7 Å². The fourth-order valence-electron chi connectivity index (χ4n) is 1.05. The molecular formula is C8H7ClN4O2S. The number of anilines is 1. The Morgan fingerprint density at radius 2 is 2.25 bits per heavy atom. The van der Waals surface area contributed by atoms with Crippen LogP contribution < -0.4 is 4.72 Å². The molecule has 0 atom stereocenters. The Balaban J connectivity index is 2.33. The molecule has 0 spiro atoms. The van der Waals surface area contributed by atoms with Gasteiger partial charge in [-0.2, -0.15) is 5.10 Å². The molecule has 8 heteroatoms. The summed E-state index contributed by atoms with van der Waals surface area (Å²) in [4.78, 5) is 3.79. The van der Waals surface area contributed by atoms with Crippen molar-refractivity contribution in [2.45, 2.75) is 4.90 Å². The fraction of sp³-hybridized carbons (Fsp3) is 0. The highest BCUT2D eigenvalue weighted by atomic mass is 35.5. The Hall–Kier alpha value is -1.60. The van der Waals surface area contributed by atoms with Crippen LogP contribution in [0.2, 0.25) is 5.15 Å². The first kappa shape index (κ1) is 10.9. The quantitative estimate of drug-likeness (QED) is 0.812. The van der Waals surface area contributed by atoms with E-state index in [1.54, 1.807) is 6.07 Å². The van der Waals surface area contributed by atoms with Crippen LogP contribution in [0.3, 0.4) is 0 Å². The third kappa shape index (κ3) is 2.15. The molecule has 0 saturated carbocycles. The van der Waals surface area contributed by atoms with Gasteiger partial charge in [0.05, 0.1) is 11.9 Å². The fourth-order valence-corrected chi connectivity index (χ4v) is 2.25. The van der Waals surface area contributed by atoms with Gasteiger partial charge in [0.15, 0.2) is 5.15 Å². The molecule has 0 bridgehead atoms. The maximum atomic E-state index is 11.8. The monoisotopic (exact) mass is 258 g/mol. The Kier molecular flexibility index (Phi) is 2.80. The number of halogens is 1. The predicted octanol–water partition coefficient (Wildman–Crippen LogP) is 1.26. The van der Waals surface area contributed by atoms with E-state index in [0.717, 1.165) is 0 Å². The lowest BCUT2D eigenvalue weighted by molar-refractivity contribution is 0.601. The van der Waals surface area contributed by atoms with Gasteiger partial charge in [-0.05, 0) is 12.1 Å². The molecule has 0 radical (unpaired) electrons. The first-order valence-electron chi connectivity index (χ1n) is 4.22. The van der Waals surface area contributed by atoms with Gasteiger partial charge in [0.1, 0.15) is 4.90 Å². The number of nitrogens with one attached hydrogen (secondary N) is 2. The molecule has 0 saturated heterocycles. The van der Waals surface area contributed by atoms with Crippen molar-refractivity contribution in [3.05, 3.63) is 35.9 Å². The van der Waals surface area contributed by atoms with Crippen LogP contribution in [0.15, 0.2) is 35.6 Å². The summed E-state index contributed by atoms with van der Waals surface area (Å²) in [6.07, 6.45) is 3.94. The highest BCUT2D eigenvalue weighted by Gasteiger charge is 2.16. The minimum atomic E-state index is -3.66. The molecule has 2 aromatic heterocycles. The van der Waals surface area contributed by atoms with Gasteiger partial charge >= 0.3 is 0 Å². The smallest absolute Gasteiger partial charge is 0.265 e. The molecule has 16 heavy (non-hydrogen) atoms. The average Bonchev–Trinajstić information content (AvgIpc) is 2.75. The number of hydrogen-bond donors (Lipinski definition) is 2. The second-order valence-electron chi connectivity index (χ2n) is 2.88. The number of nitrogens with zero attached hydrogens (tertiary/aromatic N) is 2. The molecule has 2 rings (SSSR count). The molecule has 2 N–H and O–H groups in total. The standard InChI is InChI=1S/C8H7ClN4O2S/c9-8-7(2-1-3-10-8)13-16(14,15)6-4-11-12-5-6/h1-5,13H,(H,11,12). The largest absolute Gasteiger partial charge is 0.284 e. The number of sulfonamides is 1. The van der Waals surface area contributed by atoms with E-state index in [9.17, 15) is 8.42 Å². The van der Waals surface area contributed by atoms with E-state index in [1.165, 1.54) is 24.7 Å². The molecule has 0 aliphatic rings. The van der Waals surface area contributed by atoms with E-state index in [1.807, 2.05) is 0 Å². The summed E-state index contributed by atoms with van der Waals surface area (Å²) in [5.41, 5.74) is 0.227. The van der Waals surface area contributed by atoms with Crippen molar-refractivity contribution in [3.8, 4) is 0 Å². The lowest BCUT2D eigenvalue weighted by Gasteiger charge is -2.06. The summed E-state index contributed by atoms with van der Waals surface area (Å²) in [7, 11) is -3.66. The lowest BCUT2D eigenvalue weighted by Crippen LogP contribution is -2.12. The first-order chi connectivity index (χ1) is 7.59. The first-order valence-corrected chi connectivity index (χ1v) is 6.08. The molecular weight excluding hydrogens is 252 g/mol. The van der Waals surface area contributed by atoms with Crippen LogP contribution >= 0.6 is 11.6 Å². The van der Waals surface area contributed by atoms with Gasteiger partial charge in [-0.1, -0.05) is 11.6 Å². The number of aromatic amines is 1. The third-order valence-electron chi connectivity index (χ3n) is 1.79. The minimum Gasteiger partial charge on any atom is -0.284 e. The number of rotatable bonds is 3. The zero-order valence-electron chi connectivity index (χ0n) is 7.88. The van der Waals surface area contributed by atoms with E-state index >= 15 is 0 Å². The normalized spacial score (nSPS) is 11.3. The van der Waals surface area contributed by atoms with Crippen molar-refractivity contribution in [3.63, 3.8) is 0 Å². The van der Waals surface area contributed by atoms with Crippen molar-refractivity contribution in [1.29, 1.82) is 0 Å². The topological polar surface area (TPSA) is 87.7 Å². The third-order valence-corrected chi connectivity index (χ3v) is 3.42. The van der Waals surface area contributed by atoms with E-state index < -0.39 is 10.0 Å². The number of hydrogen-bond acceptors (Lipinski definition) is 4. The molecule has 84 valence electrons. The zero-order valence-corrected chi connectivity index (χ0v) is 9.46. The summed E-state index contributed by atoms with van der Waals surface area (Å²) in [6, 6.07) is 3.10. The summed E-state index contributed by atoms with van der Waals surface area (Å²) in [6.45, 7) is 0. The molecule has 0 fully saturated rings. The Morgan fingerprint density at radius 3 is 2.88 bits per heavy atom. The Bertz CT molecular complexity index is 582. The highest BCUT2D eigenvalue weighted by Crippen LogP contribution is 2.21. The van der Waals surface area contributed by atoms with E-state index in [4.69, 9.17) is 11.6 Å². The Labute approximate surface area is 96.7 Å². The summed E-state index contributed by atoms with van der Waals surface area (Å²) in [5.74, 6) is 0. The number of H-pyrrole nitrogens is 1.